The van der Waals surface area contributed by atoms with Crippen molar-refractivity contribution in [3.63, 3.8) is 0 Å². The van der Waals surface area contributed by atoms with Gasteiger partial charge in [0, 0.05) is 25.0 Å². The lowest BCUT2D eigenvalue weighted by atomic mass is 9.92. The number of hydrogen-bond donors (Lipinski definition) is 2. The van der Waals surface area contributed by atoms with Crippen LogP contribution in [0.5, 0.6) is 0 Å². The molecule has 1 aliphatic rings. The molecule has 0 saturated carbocycles. The van der Waals surface area contributed by atoms with Gasteiger partial charge < -0.3 is 10.0 Å². The molecule has 122 valence electrons. The van der Waals surface area contributed by atoms with Crippen LogP contribution in [0.15, 0.2) is 0 Å². The Morgan fingerprint density at radius 3 is 2.43 bits per heavy atom. The molecule has 8 heteroatoms. The maximum Gasteiger partial charge on any atom is 0.307 e. The molecule has 21 heavy (non-hydrogen) atoms. The van der Waals surface area contributed by atoms with Gasteiger partial charge in [-0.2, -0.15) is 0 Å². The van der Waals surface area contributed by atoms with Gasteiger partial charge in [-0.1, -0.05) is 13.8 Å². The molecule has 0 aliphatic carbocycles. The Bertz CT molecular complexity index is 491. The zero-order valence-corrected chi connectivity index (χ0v) is 13.5. The lowest BCUT2D eigenvalue weighted by Crippen LogP contribution is -2.51. The molecule has 0 aromatic rings. The van der Waals surface area contributed by atoms with Crippen LogP contribution >= 0.6 is 0 Å². The lowest BCUT2D eigenvalue weighted by molar-refractivity contribution is -0.150. The summed E-state index contributed by atoms with van der Waals surface area (Å²) in [5.41, 5.74) is 0. The molecule has 1 aliphatic heterocycles. The van der Waals surface area contributed by atoms with Crippen LogP contribution in [0.25, 0.3) is 0 Å². The summed E-state index contributed by atoms with van der Waals surface area (Å²) in [4.78, 5) is 25.1. The van der Waals surface area contributed by atoms with Gasteiger partial charge in [0.25, 0.3) is 0 Å². The van der Waals surface area contributed by atoms with Crippen molar-refractivity contribution in [3.8, 4) is 0 Å². The van der Waals surface area contributed by atoms with Crippen LogP contribution in [-0.2, 0) is 19.6 Å². The molecule has 1 heterocycles. The van der Waals surface area contributed by atoms with Crippen molar-refractivity contribution < 1.29 is 23.1 Å². The molecule has 0 aromatic heterocycles. The Labute approximate surface area is 125 Å². The average molecular weight is 320 g/mol. The van der Waals surface area contributed by atoms with Crippen LogP contribution in [0, 0.1) is 11.8 Å². The number of aliphatic carboxylic acids is 1. The second kappa shape index (κ2) is 7.22. The van der Waals surface area contributed by atoms with Crippen molar-refractivity contribution >= 4 is 21.9 Å². The Kier molecular flexibility index (Phi) is 6.15. The SMILES string of the molecule is CC(C(=O)O)C(C)C(=O)N1CCCCC1CNS(C)(=O)=O. The predicted octanol–water partition coefficient (Wildman–Crippen LogP) is 0.274. The Morgan fingerprint density at radius 1 is 1.29 bits per heavy atom. The molecule has 0 spiro atoms. The van der Waals surface area contributed by atoms with Crippen LogP contribution in [0.4, 0.5) is 0 Å². The second-order valence-corrected chi connectivity index (χ2v) is 7.55. The summed E-state index contributed by atoms with van der Waals surface area (Å²) in [5, 5.41) is 9.01. The van der Waals surface area contributed by atoms with Gasteiger partial charge in [-0.25, -0.2) is 13.1 Å². The highest BCUT2D eigenvalue weighted by molar-refractivity contribution is 7.88. The molecule has 1 saturated heterocycles. The van der Waals surface area contributed by atoms with Crippen molar-refractivity contribution in [1.29, 1.82) is 0 Å². The number of carbonyl (C=O) groups is 2. The average Bonchev–Trinajstić information content (AvgIpc) is 2.42. The molecule has 0 bridgehead atoms. The summed E-state index contributed by atoms with van der Waals surface area (Å²) in [6.07, 6.45) is 3.59. The molecular formula is C13H24N2O5S. The summed E-state index contributed by atoms with van der Waals surface area (Å²) >= 11 is 0. The van der Waals surface area contributed by atoms with Gasteiger partial charge >= 0.3 is 5.97 Å². The van der Waals surface area contributed by atoms with Crippen molar-refractivity contribution in [3.05, 3.63) is 0 Å². The number of carbonyl (C=O) groups excluding carboxylic acids is 1. The van der Waals surface area contributed by atoms with Crippen molar-refractivity contribution in [2.24, 2.45) is 11.8 Å². The smallest absolute Gasteiger partial charge is 0.307 e. The third kappa shape index (κ3) is 5.28. The number of carboxylic acids is 1. The molecule has 0 aromatic carbocycles. The number of rotatable bonds is 6. The second-order valence-electron chi connectivity index (χ2n) is 5.72. The molecule has 2 N–H and O–H groups in total. The fourth-order valence-electron chi connectivity index (χ4n) is 2.44. The Hall–Kier alpha value is -1.15. The van der Waals surface area contributed by atoms with Crippen LogP contribution in [0.3, 0.4) is 0 Å². The molecule has 3 unspecified atom stereocenters. The van der Waals surface area contributed by atoms with Crippen LogP contribution in [-0.4, -0.2) is 55.7 Å². The summed E-state index contributed by atoms with van der Waals surface area (Å²) in [5.74, 6) is -2.60. The molecular weight excluding hydrogens is 296 g/mol. The number of sulfonamides is 1. The summed E-state index contributed by atoms with van der Waals surface area (Å²) < 4.78 is 24.8. The van der Waals surface area contributed by atoms with E-state index in [1.807, 2.05) is 0 Å². The number of likely N-dealkylation sites (tertiary alicyclic amines) is 1. The maximum absolute atomic E-state index is 12.5. The van der Waals surface area contributed by atoms with Crippen molar-refractivity contribution in [2.75, 3.05) is 19.3 Å². The number of hydrogen-bond acceptors (Lipinski definition) is 4. The van der Waals surface area contributed by atoms with E-state index >= 15 is 0 Å². The van der Waals surface area contributed by atoms with Gasteiger partial charge in [0.05, 0.1) is 12.2 Å². The van der Waals surface area contributed by atoms with E-state index in [1.54, 1.807) is 11.8 Å². The van der Waals surface area contributed by atoms with E-state index in [4.69, 9.17) is 5.11 Å². The molecule has 3 atom stereocenters. The van der Waals surface area contributed by atoms with Gasteiger partial charge in [-0.3, -0.25) is 9.59 Å². The van der Waals surface area contributed by atoms with Crippen molar-refractivity contribution in [1.82, 2.24) is 9.62 Å². The molecule has 1 rings (SSSR count). The summed E-state index contributed by atoms with van der Waals surface area (Å²) in [6.45, 7) is 3.85. The van der Waals surface area contributed by atoms with Crippen LogP contribution < -0.4 is 4.72 Å². The topological polar surface area (TPSA) is 104 Å². The first-order chi connectivity index (χ1) is 9.63. The van der Waals surface area contributed by atoms with Crippen molar-refractivity contribution in [2.45, 2.75) is 39.2 Å². The maximum atomic E-state index is 12.5. The highest BCUT2D eigenvalue weighted by atomic mass is 32.2. The minimum Gasteiger partial charge on any atom is -0.481 e. The lowest BCUT2D eigenvalue weighted by Gasteiger charge is -2.38. The first-order valence-electron chi connectivity index (χ1n) is 7.11. The van der Waals surface area contributed by atoms with E-state index in [2.05, 4.69) is 4.72 Å². The predicted molar refractivity (Wildman–Crippen MR) is 78.2 cm³/mol. The molecule has 0 radical (unpaired) electrons. The summed E-state index contributed by atoms with van der Waals surface area (Å²) in [6, 6.07) is -0.204. The van der Waals surface area contributed by atoms with Gasteiger partial charge in [-0.15, -0.1) is 0 Å². The van der Waals surface area contributed by atoms with Gasteiger partial charge in [0.1, 0.15) is 0 Å². The van der Waals surface area contributed by atoms with E-state index < -0.39 is 27.8 Å². The van der Waals surface area contributed by atoms with Gasteiger partial charge in [-0.05, 0) is 19.3 Å². The highest BCUT2D eigenvalue weighted by Crippen LogP contribution is 2.22. The van der Waals surface area contributed by atoms with E-state index in [-0.39, 0.29) is 18.5 Å². The third-order valence-corrected chi connectivity index (χ3v) is 4.71. The molecule has 7 nitrogen and oxygen atoms in total. The summed E-state index contributed by atoms with van der Waals surface area (Å²) in [7, 11) is -3.30. The minimum absolute atomic E-state index is 0.179. The zero-order chi connectivity index (χ0) is 16.2. The Balaban J connectivity index is 2.76. The normalized spacial score (nSPS) is 22.6. The quantitative estimate of drug-likeness (QED) is 0.731. The number of nitrogens with zero attached hydrogens (tertiary/aromatic N) is 1. The number of nitrogens with one attached hydrogen (secondary N) is 1. The van der Waals surface area contributed by atoms with Gasteiger partial charge in [0.15, 0.2) is 0 Å². The molecule has 1 fully saturated rings. The highest BCUT2D eigenvalue weighted by Gasteiger charge is 2.34. The van der Waals surface area contributed by atoms with Gasteiger partial charge in [0.2, 0.25) is 15.9 Å². The van der Waals surface area contributed by atoms with Crippen LogP contribution in [0.2, 0.25) is 0 Å². The number of amides is 1. The van der Waals surface area contributed by atoms with E-state index in [1.165, 1.54) is 6.92 Å². The zero-order valence-electron chi connectivity index (χ0n) is 12.7. The number of piperidine rings is 1. The van der Waals surface area contributed by atoms with E-state index in [0.29, 0.717) is 6.54 Å². The fourth-order valence-corrected chi connectivity index (χ4v) is 2.93. The monoisotopic (exact) mass is 320 g/mol. The van der Waals surface area contributed by atoms with Crippen LogP contribution in [0.1, 0.15) is 33.1 Å². The Morgan fingerprint density at radius 2 is 1.90 bits per heavy atom. The number of carboxylic acid groups (broad SMARTS) is 1. The van der Waals surface area contributed by atoms with E-state index in [9.17, 15) is 18.0 Å². The molecule has 1 amide bonds. The van der Waals surface area contributed by atoms with E-state index in [0.717, 1.165) is 25.5 Å². The third-order valence-electron chi connectivity index (χ3n) is 4.02. The standard InChI is InChI=1S/C13H24N2O5S/c1-9(10(2)13(17)18)12(16)15-7-5-4-6-11(15)8-14-21(3,19)20/h9-11,14H,4-8H2,1-3H3,(H,17,18). The largest absolute Gasteiger partial charge is 0.481 e. The first kappa shape index (κ1) is 17.9. The minimum atomic E-state index is -3.30. The first-order valence-corrected chi connectivity index (χ1v) is 9.00. The fraction of sp³-hybridized carbons (Fsp3) is 0.846.